The summed E-state index contributed by atoms with van der Waals surface area (Å²) in [4.78, 5) is 4.20. The summed E-state index contributed by atoms with van der Waals surface area (Å²) >= 11 is 0. The van der Waals surface area contributed by atoms with Crippen LogP contribution in [0.5, 0.6) is 0 Å². The van der Waals surface area contributed by atoms with Crippen molar-refractivity contribution in [1.29, 1.82) is 0 Å². The molecule has 1 aromatic rings. The molecule has 0 radical (unpaired) electrons. The number of rotatable bonds is 4. The number of aromatic nitrogens is 2. The molecule has 0 bridgehead atoms. The molecule has 2 rings (SSSR count). The van der Waals surface area contributed by atoms with Gasteiger partial charge in [-0.3, -0.25) is 0 Å². The van der Waals surface area contributed by atoms with Crippen LogP contribution in [0.4, 0.5) is 0 Å². The van der Waals surface area contributed by atoms with Gasteiger partial charge in [-0.05, 0) is 0 Å². The highest BCUT2D eigenvalue weighted by Crippen LogP contribution is 2.33. The highest BCUT2D eigenvalue weighted by Gasteiger charge is 2.39. The van der Waals surface area contributed by atoms with E-state index in [-0.39, 0.29) is 12.5 Å². The van der Waals surface area contributed by atoms with Crippen LogP contribution < -0.4 is 5.73 Å². The van der Waals surface area contributed by atoms with Crippen molar-refractivity contribution >= 4 is 0 Å². The Kier molecular flexibility index (Phi) is 3.72. The van der Waals surface area contributed by atoms with Crippen LogP contribution in [-0.2, 0) is 15.1 Å². The Morgan fingerprint density at radius 1 is 1.53 bits per heavy atom. The van der Waals surface area contributed by atoms with Crippen LogP contribution in [0.15, 0.2) is 4.52 Å². The average Bonchev–Trinajstić information content (AvgIpc) is 2.88. The van der Waals surface area contributed by atoms with Gasteiger partial charge in [-0.1, -0.05) is 5.16 Å². The number of hydrogen-bond donors (Lipinski definition) is 2. The molecule has 1 aliphatic heterocycles. The SMILES string of the molecule is COC1(c2noc(C(N)CO)n2)CCOCC1. The van der Waals surface area contributed by atoms with E-state index in [0.717, 1.165) is 0 Å². The zero-order chi connectivity index (χ0) is 12.3. The first kappa shape index (κ1) is 12.4. The molecule has 1 aromatic heterocycles. The first-order chi connectivity index (χ1) is 8.22. The topological polar surface area (TPSA) is 104 Å². The summed E-state index contributed by atoms with van der Waals surface area (Å²) < 4.78 is 15.8. The van der Waals surface area contributed by atoms with Crippen LogP contribution in [0.3, 0.4) is 0 Å². The van der Waals surface area contributed by atoms with Crippen molar-refractivity contribution in [2.45, 2.75) is 24.5 Å². The predicted octanol–water partition coefficient (Wildman–Crippen LogP) is -0.286. The van der Waals surface area contributed by atoms with Gasteiger partial charge in [0.25, 0.3) is 0 Å². The minimum absolute atomic E-state index is 0.227. The highest BCUT2D eigenvalue weighted by molar-refractivity contribution is 5.04. The maximum absolute atomic E-state index is 8.93. The van der Waals surface area contributed by atoms with Gasteiger partial charge in [0.05, 0.1) is 6.61 Å². The van der Waals surface area contributed by atoms with Crippen LogP contribution in [0.2, 0.25) is 0 Å². The second kappa shape index (κ2) is 5.09. The second-order valence-corrected chi connectivity index (χ2v) is 4.06. The minimum Gasteiger partial charge on any atom is -0.394 e. The van der Waals surface area contributed by atoms with Crippen molar-refractivity contribution in [2.24, 2.45) is 5.73 Å². The van der Waals surface area contributed by atoms with E-state index in [1.54, 1.807) is 7.11 Å². The summed E-state index contributed by atoms with van der Waals surface area (Å²) in [7, 11) is 1.62. The van der Waals surface area contributed by atoms with E-state index >= 15 is 0 Å². The molecule has 0 amide bonds. The van der Waals surface area contributed by atoms with Gasteiger partial charge in [-0.2, -0.15) is 4.98 Å². The van der Waals surface area contributed by atoms with Crippen molar-refractivity contribution < 1.29 is 19.1 Å². The summed E-state index contributed by atoms with van der Waals surface area (Å²) in [6.45, 7) is 0.970. The summed E-state index contributed by atoms with van der Waals surface area (Å²) in [5.41, 5.74) is 5.05. The third kappa shape index (κ3) is 2.32. The van der Waals surface area contributed by atoms with Gasteiger partial charge in [0, 0.05) is 33.2 Å². The van der Waals surface area contributed by atoms with Crippen molar-refractivity contribution in [2.75, 3.05) is 26.9 Å². The third-order valence-corrected chi connectivity index (χ3v) is 3.05. The Morgan fingerprint density at radius 3 is 2.82 bits per heavy atom. The molecule has 1 unspecified atom stereocenters. The largest absolute Gasteiger partial charge is 0.394 e. The number of ether oxygens (including phenoxy) is 2. The first-order valence-corrected chi connectivity index (χ1v) is 5.55. The lowest BCUT2D eigenvalue weighted by Crippen LogP contribution is -2.36. The zero-order valence-corrected chi connectivity index (χ0v) is 9.76. The van der Waals surface area contributed by atoms with E-state index in [1.807, 2.05) is 0 Å². The number of nitrogens with two attached hydrogens (primary N) is 1. The molecule has 2 heterocycles. The maximum atomic E-state index is 8.93. The van der Waals surface area contributed by atoms with Gasteiger partial charge >= 0.3 is 0 Å². The molecule has 0 saturated carbocycles. The molecule has 0 aliphatic carbocycles. The average molecular weight is 243 g/mol. The quantitative estimate of drug-likeness (QED) is 0.749. The number of aliphatic hydroxyl groups excluding tert-OH is 1. The van der Waals surface area contributed by atoms with Crippen molar-refractivity contribution in [3.05, 3.63) is 11.7 Å². The maximum Gasteiger partial charge on any atom is 0.246 e. The molecule has 1 atom stereocenters. The molecule has 96 valence electrons. The van der Waals surface area contributed by atoms with Gasteiger partial charge in [0.1, 0.15) is 11.6 Å². The van der Waals surface area contributed by atoms with Crippen molar-refractivity contribution in [3.63, 3.8) is 0 Å². The smallest absolute Gasteiger partial charge is 0.246 e. The van der Waals surface area contributed by atoms with E-state index < -0.39 is 11.6 Å². The lowest BCUT2D eigenvalue weighted by atomic mass is 9.93. The number of nitrogens with zero attached hydrogens (tertiary/aromatic N) is 2. The highest BCUT2D eigenvalue weighted by atomic mass is 16.5. The molecule has 17 heavy (non-hydrogen) atoms. The summed E-state index contributed by atoms with van der Waals surface area (Å²) in [6.07, 6.45) is 1.35. The lowest BCUT2D eigenvalue weighted by molar-refractivity contribution is -0.101. The normalized spacial score (nSPS) is 21.4. The fourth-order valence-corrected chi connectivity index (χ4v) is 1.87. The number of aliphatic hydroxyl groups is 1. The molecule has 3 N–H and O–H groups in total. The van der Waals surface area contributed by atoms with Gasteiger partial charge in [0.2, 0.25) is 11.7 Å². The monoisotopic (exact) mass is 243 g/mol. The van der Waals surface area contributed by atoms with Gasteiger partial charge in [0.15, 0.2) is 0 Å². The molecular weight excluding hydrogens is 226 g/mol. The Morgan fingerprint density at radius 2 is 2.24 bits per heavy atom. The Bertz CT molecular complexity index is 362. The van der Waals surface area contributed by atoms with Crippen molar-refractivity contribution in [1.82, 2.24) is 10.1 Å². The van der Waals surface area contributed by atoms with E-state index in [0.29, 0.717) is 31.9 Å². The fourth-order valence-electron chi connectivity index (χ4n) is 1.87. The summed E-state index contributed by atoms with van der Waals surface area (Å²) in [5.74, 6) is 0.701. The second-order valence-electron chi connectivity index (χ2n) is 4.06. The Labute approximate surface area is 98.9 Å². The van der Waals surface area contributed by atoms with Crippen LogP contribution in [0.25, 0.3) is 0 Å². The van der Waals surface area contributed by atoms with Gasteiger partial charge < -0.3 is 24.8 Å². The Balaban J connectivity index is 2.22. The molecule has 0 aromatic carbocycles. The number of hydrogen-bond acceptors (Lipinski definition) is 7. The van der Waals surface area contributed by atoms with Crippen LogP contribution >= 0.6 is 0 Å². The van der Waals surface area contributed by atoms with E-state index in [9.17, 15) is 0 Å². The summed E-state index contributed by atoms with van der Waals surface area (Å²) in [6, 6.07) is -0.648. The molecule has 1 saturated heterocycles. The van der Waals surface area contributed by atoms with E-state index in [2.05, 4.69) is 10.1 Å². The molecule has 7 heteroatoms. The Hall–Kier alpha value is -1.02. The molecule has 1 fully saturated rings. The molecule has 1 aliphatic rings. The van der Waals surface area contributed by atoms with Crippen LogP contribution in [0.1, 0.15) is 30.6 Å². The first-order valence-electron chi connectivity index (χ1n) is 5.55. The minimum atomic E-state index is -0.648. The van der Waals surface area contributed by atoms with E-state index in [1.165, 1.54) is 0 Å². The third-order valence-electron chi connectivity index (χ3n) is 3.05. The molecule has 7 nitrogen and oxygen atoms in total. The van der Waals surface area contributed by atoms with E-state index in [4.69, 9.17) is 24.8 Å². The zero-order valence-electron chi connectivity index (χ0n) is 9.76. The fraction of sp³-hybridized carbons (Fsp3) is 0.800. The molecule has 0 spiro atoms. The van der Waals surface area contributed by atoms with Crippen LogP contribution in [-0.4, -0.2) is 42.2 Å². The van der Waals surface area contributed by atoms with Gasteiger partial charge in [-0.25, -0.2) is 0 Å². The lowest BCUT2D eigenvalue weighted by Gasteiger charge is -2.32. The number of methoxy groups -OCH3 is 1. The van der Waals surface area contributed by atoms with Crippen LogP contribution in [0, 0.1) is 0 Å². The van der Waals surface area contributed by atoms with Crippen molar-refractivity contribution in [3.8, 4) is 0 Å². The molecular formula is C10H17N3O4. The van der Waals surface area contributed by atoms with Gasteiger partial charge in [-0.15, -0.1) is 0 Å². The summed E-state index contributed by atoms with van der Waals surface area (Å²) in [5, 5.41) is 12.8. The standard InChI is InChI=1S/C10H17N3O4/c1-15-10(2-4-16-5-3-10)9-12-8(17-13-9)7(11)6-14/h7,14H,2-6,11H2,1H3. The predicted molar refractivity (Wildman–Crippen MR) is 57.1 cm³/mol.